The predicted molar refractivity (Wildman–Crippen MR) is 119 cm³/mol. The van der Waals surface area contributed by atoms with Crippen molar-refractivity contribution in [2.24, 2.45) is 11.8 Å². The van der Waals surface area contributed by atoms with E-state index in [0.29, 0.717) is 18.8 Å². The Bertz CT molecular complexity index is 601. The quantitative estimate of drug-likeness (QED) is 0.439. The third-order valence-corrected chi connectivity index (χ3v) is 6.21. The molecule has 0 radical (unpaired) electrons. The van der Waals surface area contributed by atoms with E-state index in [1.165, 1.54) is 19.3 Å². The molecule has 2 amide bonds. The maximum Gasteiger partial charge on any atom is 0.305 e. The number of carbonyl (C=O) groups excluding carboxylic acids is 3. The number of aliphatic hydroxyl groups excluding tert-OH is 1. The molecular formula is C24H40N2O5. The lowest BCUT2D eigenvalue weighted by Crippen LogP contribution is -2.45. The molecule has 0 aromatic rings. The number of allylic oxidation sites excluding steroid dienone is 2. The average Bonchev–Trinajstić information content (AvgIpc) is 2.75. The van der Waals surface area contributed by atoms with Crippen molar-refractivity contribution < 1.29 is 24.2 Å². The van der Waals surface area contributed by atoms with Gasteiger partial charge in [-0.15, -0.1) is 0 Å². The second kappa shape index (κ2) is 14.2. The summed E-state index contributed by atoms with van der Waals surface area (Å²) in [6.45, 7) is 1.77. The van der Waals surface area contributed by atoms with Gasteiger partial charge >= 0.3 is 5.97 Å². The zero-order valence-electron chi connectivity index (χ0n) is 18.9. The van der Waals surface area contributed by atoms with Crippen molar-refractivity contribution in [2.75, 3.05) is 13.2 Å². The van der Waals surface area contributed by atoms with Crippen LogP contribution in [0.2, 0.25) is 0 Å². The summed E-state index contributed by atoms with van der Waals surface area (Å²) in [4.78, 5) is 37.5. The molecule has 3 atom stereocenters. The molecule has 2 aliphatic rings. The van der Waals surface area contributed by atoms with Crippen LogP contribution >= 0.6 is 0 Å². The zero-order valence-corrected chi connectivity index (χ0v) is 18.9. The first kappa shape index (κ1) is 25.4. The SMILES string of the molecule is CC(CO)NC(=O)CC1C/C=C/CCCCC(=O)OCC(CC2CCCCC2)NC1=O. The van der Waals surface area contributed by atoms with Crippen molar-refractivity contribution in [3.8, 4) is 0 Å². The van der Waals surface area contributed by atoms with Crippen LogP contribution in [-0.4, -0.2) is 48.2 Å². The number of esters is 1. The van der Waals surface area contributed by atoms with E-state index in [0.717, 1.165) is 38.5 Å². The number of rotatable bonds is 6. The van der Waals surface area contributed by atoms with E-state index in [9.17, 15) is 14.4 Å². The third-order valence-electron chi connectivity index (χ3n) is 6.21. The fourth-order valence-corrected chi connectivity index (χ4v) is 4.37. The first-order valence-corrected chi connectivity index (χ1v) is 12.0. The summed E-state index contributed by atoms with van der Waals surface area (Å²) in [5, 5.41) is 15.0. The summed E-state index contributed by atoms with van der Waals surface area (Å²) >= 11 is 0. The van der Waals surface area contributed by atoms with Gasteiger partial charge in [0.15, 0.2) is 0 Å². The molecule has 2 rings (SSSR count). The van der Waals surface area contributed by atoms with Crippen LogP contribution in [0, 0.1) is 11.8 Å². The fourth-order valence-electron chi connectivity index (χ4n) is 4.37. The average molecular weight is 437 g/mol. The summed E-state index contributed by atoms with van der Waals surface area (Å²) in [5.74, 6) is -0.590. The number of hydrogen-bond donors (Lipinski definition) is 3. The Hall–Kier alpha value is -1.89. The molecule has 0 saturated heterocycles. The monoisotopic (exact) mass is 436 g/mol. The van der Waals surface area contributed by atoms with E-state index in [1.807, 2.05) is 12.2 Å². The van der Waals surface area contributed by atoms with Crippen LogP contribution in [0.4, 0.5) is 0 Å². The Labute approximate surface area is 186 Å². The van der Waals surface area contributed by atoms with Gasteiger partial charge < -0.3 is 20.5 Å². The van der Waals surface area contributed by atoms with Crippen LogP contribution < -0.4 is 10.6 Å². The van der Waals surface area contributed by atoms with Crippen molar-refractivity contribution in [1.82, 2.24) is 10.6 Å². The Morgan fingerprint density at radius 2 is 1.97 bits per heavy atom. The molecule has 1 fully saturated rings. The van der Waals surface area contributed by atoms with Gasteiger partial charge in [-0.3, -0.25) is 14.4 Å². The van der Waals surface area contributed by atoms with Gasteiger partial charge in [-0.25, -0.2) is 0 Å². The molecule has 31 heavy (non-hydrogen) atoms. The number of carbonyl (C=O) groups is 3. The summed E-state index contributed by atoms with van der Waals surface area (Å²) in [5.41, 5.74) is 0. The van der Waals surface area contributed by atoms with Gasteiger partial charge in [0.2, 0.25) is 11.8 Å². The van der Waals surface area contributed by atoms with E-state index in [4.69, 9.17) is 9.84 Å². The molecule has 1 saturated carbocycles. The lowest BCUT2D eigenvalue weighted by atomic mass is 9.84. The lowest BCUT2D eigenvalue weighted by Gasteiger charge is -2.28. The van der Waals surface area contributed by atoms with Crippen LogP contribution in [0.1, 0.15) is 84.0 Å². The molecule has 7 nitrogen and oxygen atoms in total. The van der Waals surface area contributed by atoms with E-state index in [2.05, 4.69) is 10.6 Å². The molecule has 1 aliphatic carbocycles. The minimum Gasteiger partial charge on any atom is -0.463 e. The molecular weight excluding hydrogens is 396 g/mol. The van der Waals surface area contributed by atoms with Crippen LogP contribution in [-0.2, 0) is 19.1 Å². The van der Waals surface area contributed by atoms with Gasteiger partial charge in [-0.2, -0.15) is 0 Å². The highest BCUT2D eigenvalue weighted by atomic mass is 16.5. The van der Waals surface area contributed by atoms with Crippen LogP contribution in [0.15, 0.2) is 12.2 Å². The molecule has 0 spiro atoms. The van der Waals surface area contributed by atoms with Crippen molar-refractivity contribution in [1.29, 1.82) is 0 Å². The molecule has 3 unspecified atom stereocenters. The van der Waals surface area contributed by atoms with E-state index < -0.39 is 5.92 Å². The molecule has 7 heteroatoms. The van der Waals surface area contributed by atoms with E-state index >= 15 is 0 Å². The molecule has 1 heterocycles. The molecule has 0 aromatic heterocycles. The minimum absolute atomic E-state index is 0.0659. The number of hydrogen-bond acceptors (Lipinski definition) is 5. The first-order valence-electron chi connectivity index (χ1n) is 12.0. The predicted octanol–water partition coefficient (Wildman–Crippen LogP) is 3.01. The second-order valence-corrected chi connectivity index (χ2v) is 9.13. The molecule has 0 aromatic carbocycles. The Morgan fingerprint density at radius 1 is 1.19 bits per heavy atom. The maximum atomic E-state index is 13.1. The second-order valence-electron chi connectivity index (χ2n) is 9.13. The number of nitrogens with one attached hydrogen (secondary N) is 2. The van der Waals surface area contributed by atoms with Gasteiger partial charge in [0, 0.05) is 18.9 Å². The van der Waals surface area contributed by atoms with Gasteiger partial charge in [0.1, 0.15) is 6.61 Å². The molecule has 0 bridgehead atoms. The normalized spacial score (nSPS) is 26.8. The largest absolute Gasteiger partial charge is 0.463 e. The fraction of sp³-hybridized carbons (Fsp3) is 0.792. The van der Waals surface area contributed by atoms with Crippen molar-refractivity contribution in [2.45, 2.75) is 96.1 Å². The van der Waals surface area contributed by atoms with Gasteiger partial charge in [0.05, 0.1) is 18.6 Å². The molecule has 176 valence electrons. The van der Waals surface area contributed by atoms with Crippen molar-refractivity contribution >= 4 is 17.8 Å². The maximum absolute atomic E-state index is 13.1. The van der Waals surface area contributed by atoms with Gasteiger partial charge in [-0.1, -0.05) is 44.3 Å². The number of amides is 2. The van der Waals surface area contributed by atoms with Gasteiger partial charge in [-0.05, 0) is 44.9 Å². The summed E-state index contributed by atoms with van der Waals surface area (Å²) in [7, 11) is 0. The van der Waals surface area contributed by atoms with E-state index in [-0.39, 0.29) is 49.5 Å². The van der Waals surface area contributed by atoms with E-state index in [1.54, 1.807) is 6.92 Å². The van der Waals surface area contributed by atoms with Crippen LogP contribution in [0.5, 0.6) is 0 Å². The highest BCUT2D eigenvalue weighted by Crippen LogP contribution is 2.27. The molecule has 3 N–H and O–H groups in total. The topological polar surface area (TPSA) is 105 Å². The number of aliphatic hydroxyl groups is 1. The van der Waals surface area contributed by atoms with Crippen molar-refractivity contribution in [3.63, 3.8) is 0 Å². The lowest BCUT2D eigenvalue weighted by molar-refractivity contribution is -0.145. The number of ether oxygens (including phenoxy) is 1. The van der Waals surface area contributed by atoms with Crippen LogP contribution in [0.3, 0.4) is 0 Å². The zero-order chi connectivity index (χ0) is 22.5. The number of cyclic esters (lactones) is 1. The summed E-state index contributed by atoms with van der Waals surface area (Å²) in [6, 6.07) is -0.573. The third kappa shape index (κ3) is 10.3. The first-order chi connectivity index (χ1) is 15.0. The highest BCUT2D eigenvalue weighted by Gasteiger charge is 2.27. The Morgan fingerprint density at radius 3 is 2.71 bits per heavy atom. The van der Waals surface area contributed by atoms with Gasteiger partial charge in [0.25, 0.3) is 0 Å². The van der Waals surface area contributed by atoms with Crippen molar-refractivity contribution in [3.05, 3.63) is 12.2 Å². The highest BCUT2D eigenvalue weighted by molar-refractivity contribution is 5.86. The molecule has 1 aliphatic heterocycles. The standard InChI is InChI=1S/C24H40N2O5/c1-18(16-27)25-22(28)15-20-12-8-3-2-4-9-13-23(29)31-17-21(26-24(20)30)14-19-10-6-5-7-11-19/h3,8,18-21,27H,2,4-7,9-17H2,1H3,(H,25,28)(H,26,30)/b8-3+. The van der Waals surface area contributed by atoms with Crippen LogP contribution in [0.25, 0.3) is 0 Å². The summed E-state index contributed by atoms with van der Waals surface area (Å²) < 4.78 is 5.49. The Kier molecular flexibility index (Phi) is 11.6. The minimum atomic E-state index is -0.491. The Balaban J connectivity index is 2.06. The summed E-state index contributed by atoms with van der Waals surface area (Å²) in [6.07, 6.45) is 14.2. The smallest absolute Gasteiger partial charge is 0.305 e.